The Morgan fingerprint density at radius 2 is 2.06 bits per heavy atom. The topological polar surface area (TPSA) is 41.1 Å². The van der Waals surface area contributed by atoms with E-state index < -0.39 is 0 Å². The van der Waals surface area contributed by atoms with E-state index in [9.17, 15) is 0 Å². The number of thioether (sulfide) groups is 1. The average Bonchev–Trinajstić information content (AvgIpc) is 2.30. The second-order valence-corrected chi connectivity index (χ2v) is 6.77. The lowest BCUT2D eigenvalue weighted by Crippen LogP contribution is -2.41. The zero-order valence-electron chi connectivity index (χ0n) is 11.6. The Hall–Kier alpha value is -0.970. The fraction of sp³-hybridized carbons (Fsp3) is 0.692. The van der Waals surface area contributed by atoms with Crippen LogP contribution in [0.15, 0.2) is 6.20 Å². The van der Waals surface area contributed by atoms with Gasteiger partial charge in [-0.25, -0.2) is 4.98 Å². The van der Waals surface area contributed by atoms with Crippen molar-refractivity contribution >= 4 is 23.5 Å². The molecule has 1 saturated heterocycles. The van der Waals surface area contributed by atoms with Crippen molar-refractivity contribution in [1.29, 1.82) is 0 Å². The van der Waals surface area contributed by atoms with Gasteiger partial charge in [-0.3, -0.25) is 0 Å². The molecule has 0 radical (unpaired) electrons. The van der Waals surface area contributed by atoms with Crippen LogP contribution in [0, 0.1) is 6.92 Å². The van der Waals surface area contributed by atoms with Crippen LogP contribution < -0.4 is 10.2 Å². The van der Waals surface area contributed by atoms with Crippen molar-refractivity contribution in [2.45, 2.75) is 38.2 Å². The molecule has 0 bridgehead atoms. The summed E-state index contributed by atoms with van der Waals surface area (Å²) in [6.45, 7) is 11.7. The van der Waals surface area contributed by atoms with Crippen LogP contribution in [0.1, 0.15) is 26.3 Å². The van der Waals surface area contributed by atoms with Gasteiger partial charge < -0.3 is 10.2 Å². The predicted molar refractivity (Wildman–Crippen MR) is 79.7 cm³/mol. The first-order valence-electron chi connectivity index (χ1n) is 6.58. The SMILES string of the molecule is CCNc1ncc(C)c(N2CC(C)SC(C)C2)n1. The van der Waals surface area contributed by atoms with E-state index in [0.29, 0.717) is 10.5 Å². The van der Waals surface area contributed by atoms with Gasteiger partial charge in [0.2, 0.25) is 5.95 Å². The molecular weight excluding hydrogens is 244 g/mol. The van der Waals surface area contributed by atoms with Crippen LogP contribution in [0.3, 0.4) is 0 Å². The lowest BCUT2D eigenvalue weighted by molar-refractivity contribution is 0.714. The fourth-order valence-corrected chi connectivity index (χ4v) is 3.67. The molecule has 1 N–H and O–H groups in total. The number of nitrogens with zero attached hydrogens (tertiary/aromatic N) is 3. The standard InChI is InChI=1S/C13H22N4S/c1-5-14-13-15-6-9(2)12(16-13)17-7-10(3)18-11(4)8-17/h6,10-11H,5,7-8H2,1-4H3,(H,14,15,16). The van der Waals surface area contributed by atoms with Crippen molar-refractivity contribution in [3.63, 3.8) is 0 Å². The van der Waals surface area contributed by atoms with Gasteiger partial charge in [0.1, 0.15) is 5.82 Å². The second kappa shape index (κ2) is 5.78. The molecule has 0 aliphatic carbocycles. The van der Waals surface area contributed by atoms with Gasteiger partial charge in [-0.05, 0) is 13.8 Å². The van der Waals surface area contributed by atoms with E-state index in [1.54, 1.807) is 0 Å². The molecule has 1 fully saturated rings. The van der Waals surface area contributed by atoms with E-state index in [4.69, 9.17) is 0 Å². The number of hydrogen-bond acceptors (Lipinski definition) is 5. The molecule has 0 saturated carbocycles. The van der Waals surface area contributed by atoms with Gasteiger partial charge in [0.25, 0.3) is 0 Å². The molecule has 2 atom stereocenters. The molecule has 2 unspecified atom stereocenters. The maximum atomic E-state index is 4.65. The summed E-state index contributed by atoms with van der Waals surface area (Å²) in [4.78, 5) is 11.3. The molecule has 100 valence electrons. The minimum absolute atomic E-state index is 0.658. The highest BCUT2D eigenvalue weighted by molar-refractivity contribution is 8.00. The quantitative estimate of drug-likeness (QED) is 0.910. The first-order valence-corrected chi connectivity index (χ1v) is 7.52. The van der Waals surface area contributed by atoms with E-state index in [0.717, 1.165) is 37.0 Å². The molecule has 2 rings (SSSR count). The fourth-order valence-electron chi connectivity index (χ4n) is 2.35. The molecular formula is C13H22N4S. The molecule has 4 nitrogen and oxygen atoms in total. The Morgan fingerprint density at radius 3 is 2.67 bits per heavy atom. The zero-order valence-corrected chi connectivity index (χ0v) is 12.4. The summed E-state index contributed by atoms with van der Waals surface area (Å²) in [7, 11) is 0. The van der Waals surface area contributed by atoms with Gasteiger partial charge in [-0.15, -0.1) is 0 Å². The summed E-state index contributed by atoms with van der Waals surface area (Å²) in [5, 5.41) is 4.50. The molecule has 1 aromatic rings. The van der Waals surface area contributed by atoms with Crippen LogP contribution in [0.5, 0.6) is 0 Å². The Balaban J connectivity index is 2.22. The highest BCUT2D eigenvalue weighted by Gasteiger charge is 2.24. The van der Waals surface area contributed by atoms with Crippen LogP contribution in [0.25, 0.3) is 0 Å². The lowest BCUT2D eigenvalue weighted by atomic mass is 10.2. The van der Waals surface area contributed by atoms with Crippen LogP contribution in [0.2, 0.25) is 0 Å². The highest BCUT2D eigenvalue weighted by Crippen LogP contribution is 2.29. The molecule has 0 aromatic carbocycles. The maximum absolute atomic E-state index is 4.65. The third-order valence-electron chi connectivity index (χ3n) is 3.00. The molecule has 1 aromatic heterocycles. The third-order valence-corrected chi connectivity index (χ3v) is 4.23. The van der Waals surface area contributed by atoms with E-state index in [1.165, 1.54) is 0 Å². The van der Waals surface area contributed by atoms with Gasteiger partial charge in [-0.2, -0.15) is 16.7 Å². The van der Waals surface area contributed by atoms with Crippen molar-refractivity contribution in [1.82, 2.24) is 9.97 Å². The van der Waals surface area contributed by atoms with Gasteiger partial charge in [-0.1, -0.05) is 13.8 Å². The summed E-state index contributed by atoms with van der Waals surface area (Å²) in [6.07, 6.45) is 1.91. The van der Waals surface area contributed by atoms with E-state index in [2.05, 4.69) is 59.6 Å². The van der Waals surface area contributed by atoms with Gasteiger partial charge in [0, 0.05) is 41.9 Å². The molecule has 1 aliphatic rings. The van der Waals surface area contributed by atoms with Gasteiger partial charge >= 0.3 is 0 Å². The number of anilines is 2. The van der Waals surface area contributed by atoms with Crippen LogP contribution in [-0.2, 0) is 0 Å². The largest absolute Gasteiger partial charge is 0.354 e. The zero-order chi connectivity index (χ0) is 13.1. The monoisotopic (exact) mass is 266 g/mol. The minimum atomic E-state index is 0.658. The Labute approximate surface area is 114 Å². The normalized spacial score (nSPS) is 24.1. The minimum Gasteiger partial charge on any atom is -0.354 e. The van der Waals surface area contributed by atoms with Crippen molar-refractivity contribution in [2.24, 2.45) is 0 Å². The number of hydrogen-bond donors (Lipinski definition) is 1. The van der Waals surface area contributed by atoms with Crippen molar-refractivity contribution in [3.8, 4) is 0 Å². The number of rotatable bonds is 3. The third kappa shape index (κ3) is 3.07. The Morgan fingerprint density at radius 1 is 1.39 bits per heavy atom. The van der Waals surface area contributed by atoms with Crippen molar-refractivity contribution in [3.05, 3.63) is 11.8 Å². The van der Waals surface area contributed by atoms with Gasteiger partial charge in [0.15, 0.2) is 0 Å². The number of aromatic nitrogens is 2. The van der Waals surface area contributed by atoms with Crippen molar-refractivity contribution in [2.75, 3.05) is 29.9 Å². The van der Waals surface area contributed by atoms with Gasteiger partial charge in [0.05, 0.1) is 0 Å². The maximum Gasteiger partial charge on any atom is 0.224 e. The molecule has 1 aliphatic heterocycles. The average molecular weight is 266 g/mol. The summed E-state index contributed by atoms with van der Waals surface area (Å²) >= 11 is 2.06. The second-order valence-electron chi connectivity index (χ2n) is 4.89. The molecule has 5 heteroatoms. The van der Waals surface area contributed by atoms with Crippen LogP contribution in [0.4, 0.5) is 11.8 Å². The smallest absolute Gasteiger partial charge is 0.224 e. The molecule has 18 heavy (non-hydrogen) atoms. The van der Waals surface area contributed by atoms with E-state index in [-0.39, 0.29) is 0 Å². The van der Waals surface area contributed by atoms with Crippen LogP contribution in [-0.4, -0.2) is 40.1 Å². The number of aryl methyl sites for hydroxylation is 1. The molecule has 0 spiro atoms. The Bertz CT molecular complexity index is 400. The first kappa shape index (κ1) is 13.5. The first-order chi connectivity index (χ1) is 8.60. The summed E-state index contributed by atoms with van der Waals surface area (Å²) in [6, 6.07) is 0. The predicted octanol–water partition coefficient (Wildman–Crippen LogP) is 2.55. The summed E-state index contributed by atoms with van der Waals surface area (Å²) < 4.78 is 0. The summed E-state index contributed by atoms with van der Waals surface area (Å²) in [5.74, 6) is 1.82. The van der Waals surface area contributed by atoms with Crippen LogP contribution >= 0.6 is 11.8 Å². The molecule has 0 amide bonds. The van der Waals surface area contributed by atoms with E-state index >= 15 is 0 Å². The summed E-state index contributed by atoms with van der Waals surface area (Å²) in [5.41, 5.74) is 1.16. The highest BCUT2D eigenvalue weighted by atomic mass is 32.2. The van der Waals surface area contributed by atoms with Crippen molar-refractivity contribution < 1.29 is 0 Å². The molecule has 2 heterocycles. The lowest BCUT2D eigenvalue weighted by Gasteiger charge is -2.36. The van der Waals surface area contributed by atoms with E-state index in [1.807, 2.05) is 6.20 Å². The Kier molecular flexibility index (Phi) is 4.32. The number of nitrogens with one attached hydrogen (secondary N) is 1.